The summed E-state index contributed by atoms with van der Waals surface area (Å²) < 4.78 is 1.75. The van der Waals surface area contributed by atoms with Gasteiger partial charge in [-0.15, -0.1) is 0 Å². The van der Waals surface area contributed by atoms with Gasteiger partial charge in [0.25, 0.3) is 5.91 Å². The van der Waals surface area contributed by atoms with Gasteiger partial charge in [0.15, 0.2) is 0 Å². The van der Waals surface area contributed by atoms with Crippen molar-refractivity contribution in [3.63, 3.8) is 0 Å². The second-order valence-electron chi connectivity index (χ2n) is 4.96. The summed E-state index contributed by atoms with van der Waals surface area (Å²) in [6.45, 7) is 8.91. The van der Waals surface area contributed by atoms with Crippen molar-refractivity contribution in [1.82, 2.24) is 15.1 Å². The van der Waals surface area contributed by atoms with E-state index < -0.39 is 0 Å². The molecular formula is C13H23N3O. The van der Waals surface area contributed by atoms with E-state index in [0.717, 1.165) is 36.3 Å². The molecule has 1 aromatic rings. The molecule has 0 aliphatic rings. The number of nitrogens with one attached hydrogen (secondary N) is 1. The fraction of sp³-hybridized carbons (Fsp3) is 0.692. The lowest BCUT2D eigenvalue weighted by Gasteiger charge is -2.07. The first-order valence-electron chi connectivity index (χ1n) is 6.22. The zero-order valence-electron chi connectivity index (χ0n) is 11.5. The fourth-order valence-electron chi connectivity index (χ4n) is 1.90. The molecule has 0 atom stereocenters. The Kier molecular flexibility index (Phi) is 4.73. The zero-order chi connectivity index (χ0) is 13.0. The zero-order valence-corrected chi connectivity index (χ0v) is 11.5. The quantitative estimate of drug-likeness (QED) is 0.798. The molecule has 4 heteroatoms. The third-order valence-corrected chi connectivity index (χ3v) is 2.98. The minimum Gasteiger partial charge on any atom is -0.352 e. The van der Waals surface area contributed by atoms with Crippen molar-refractivity contribution in [2.75, 3.05) is 6.54 Å². The van der Waals surface area contributed by atoms with Crippen LogP contribution in [0.1, 0.15) is 48.4 Å². The molecule has 0 unspecified atom stereocenters. The highest BCUT2D eigenvalue weighted by Gasteiger charge is 2.16. The molecule has 17 heavy (non-hydrogen) atoms. The van der Waals surface area contributed by atoms with E-state index in [0.29, 0.717) is 5.92 Å². The third kappa shape index (κ3) is 3.58. The lowest BCUT2D eigenvalue weighted by molar-refractivity contribution is 0.0951. The van der Waals surface area contributed by atoms with E-state index in [2.05, 4.69) is 24.3 Å². The Hall–Kier alpha value is -1.32. The molecule has 0 aliphatic heterocycles. The van der Waals surface area contributed by atoms with E-state index in [1.165, 1.54) is 0 Å². The SMILES string of the molecule is Cc1nn(C)c(C)c1C(=O)NCCCC(C)C. The van der Waals surface area contributed by atoms with Crippen LogP contribution < -0.4 is 5.32 Å². The third-order valence-electron chi connectivity index (χ3n) is 2.98. The fourth-order valence-corrected chi connectivity index (χ4v) is 1.90. The van der Waals surface area contributed by atoms with E-state index in [9.17, 15) is 4.79 Å². The molecule has 1 heterocycles. The first-order valence-corrected chi connectivity index (χ1v) is 6.22. The van der Waals surface area contributed by atoms with Crippen molar-refractivity contribution in [2.24, 2.45) is 13.0 Å². The van der Waals surface area contributed by atoms with Gasteiger partial charge >= 0.3 is 0 Å². The number of rotatable bonds is 5. The highest BCUT2D eigenvalue weighted by atomic mass is 16.1. The average molecular weight is 237 g/mol. The monoisotopic (exact) mass is 237 g/mol. The van der Waals surface area contributed by atoms with Gasteiger partial charge in [0.05, 0.1) is 11.3 Å². The molecule has 0 saturated carbocycles. The van der Waals surface area contributed by atoms with Crippen LogP contribution in [-0.2, 0) is 7.05 Å². The molecule has 0 fully saturated rings. The highest BCUT2D eigenvalue weighted by Crippen LogP contribution is 2.11. The number of carbonyl (C=O) groups is 1. The van der Waals surface area contributed by atoms with Gasteiger partial charge < -0.3 is 5.32 Å². The molecule has 0 spiro atoms. The first-order chi connectivity index (χ1) is 7.93. The number of hydrogen-bond acceptors (Lipinski definition) is 2. The lowest BCUT2D eigenvalue weighted by Crippen LogP contribution is -2.25. The minimum atomic E-state index is -0.00291. The Bertz CT molecular complexity index is 394. The van der Waals surface area contributed by atoms with Crippen LogP contribution >= 0.6 is 0 Å². The number of aryl methyl sites for hydroxylation is 2. The molecule has 0 aromatic carbocycles. The predicted molar refractivity (Wildman–Crippen MR) is 69.1 cm³/mol. The van der Waals surface area contributed by atoms with Gasteiger partial charge in [0.1, 0.15) is 0 Å². The number of aromatic nitrogens is 2. The molecule has 1 rings (SSSR count). The van der Waals surface area contributed by atoms with E-state index in [4.69, 9.17) is 0 Å². The van der Waals surface area contributed by atoms with E-state index in [-0.39, 0.29) is 5.91 Å². The van der Waals surface area contributed by atoms with Crippen molar-refractivity contribution in [2.45, 2.75) is 40.5 Å². The second-order valence-corrected chi connectivity index (χ2v) is 4.96. The van der Waals surface area contributed by atoms with E-state index in [1.54, 1.807) is 4.68 Å². The van der Waals surface area contributed by atoms with E-state index in [1.807, 2.05) is 20.9 Å². The Morgan fingerprint density at radius 1 is 1.41 bits per heavy atom. The van der Waals surface area contributed by atoms with Crippen molar-refractivity contribution >= 4 is 5.91 Å². The molecular weight excluding hydrogens is 214 g/mol. The molecule has 0 aliphatic carbocycles. The van der Waals surface area contributed by atoms with Crippen LogP contribution in [0.15, 0.2) is 0 Å². The smallest absolute Gasteiger partial charge is 0.255 e. The van der Waals surface area contributed by atoms with Crippen LogP contribution in [0.5, 0.6) is 0 Å². The number of hydrogen-bond donors (Lipinski definition) is 1. The second kappa shape index (κ2) is 5.84. The van der Waals surface area contributed by atoms with Crippen LogP contribution in [0.2, 0.25) is 0 Å². The van der Waals surface area contributed by atoms with Crippen LogP contribution in [-0.4, -0.2) is 22.2 Å². The van der Waals surface area contributed by atoms with Crippen LogP contribution in [0, 0.1) is 19.8 Å². The lowest BCUT2D eigenvalue weighted by atomic mass is 10.1. The summed E-state index contributed by atoms with van der Waals surface area (Å²) in [7, 11) is 1.86. The summed E-state index contributed by atoms with van der Waals surface area (Å²) in [5.41, 5.74) is 2.44. The Balaban J connectivity index is 2.53. The minimum absolute atomic E-state index is 0.00291. The van der Waals surface area contributed by atoms with Gasteiger partial charge in [-0.25, -0.2) is 0 Å². The molecule has 96 valence electrons. The van der Waals surface area contributed by atoms with E-state index >= 15 is 0 Å². The van der Waals surface area contributed by atoms with Gasteiger partial charge in [0.2, 0.25) is 0 Å². The summed E-state index contributed by atoms with van der Waals surface area (Å²) in [4.78, 5) is 12.0. The molecule has 0 radical (unpaired) electrons. The Morgan fingerprint density at radius 2 is 2.06 bits per heavy atom. The maximum absolute atomic E-state index is 12.0. The first kappa shape index (κ1) is 13.7. The van der Waals surface area contributed by atoms with Gasteiger partial charge in [-0.3, -0.25) is 9.48 Å². The maximum Gasteiger partial charge on any atom is 0.255 e. The van der Waals surface area contributed by atoms with Crippen LogP contribution in [0.3, 0.4) is 0 Å². The summed E-state index contributed by atoms with van der Waals surface area (Å²) in [5.74, 6) is 0.686. The molecule has 1 aromatic heterocycles. The molecule has 4 nitrogen and oxygen atoms in total. The van der Waals surface area contributed by atoms with Gasteiger partial charge in [-0.1, -0.05) is 13.8 Å². The van der Waals surface area contributed by atoms with Crippen molar-refractivity contribution in [3.05, 3.63) is 17.0 Å². The Morgan fingerprint density at radius 3 is 2.53 bits per heavy atom. The molecule has 1 amide bonds. The van der Waals surface area contributed by atoms with Gasteiger partial charge in [0, 0.05) is 19.3 Å². The average Bonchev–Trinajstić information content (AvgIpc) is 2.48. The highest BCUT2D eigenvalue weighted by molar-refractivity contribution is 5.96. The Labute approximate surface area is 103 Å². The van der Waals surface area contributed by atoms with Gasteiger partial charge in [-0.05, 0) is 32.6 Å². The van der Waals surface area contributed by atoms with Crippen molar-refractivity contribution in [1.29, 1.82) is 0 Å². The summed E-state index contributed by atoms with van der Waals surface area (Å²) >= 11 is 0. The van der Waals surface area contributed by atoms with Crippen molar-refractivity contribution in [3.8, 4) is 0 Å². The summed E-state index contributed by atoms with van der Waals surface area (Å²) in [6, 6.07) is 0. The number of carbonyl (C=O) groups excluding carboxylic acids is 1. The molecule has 0 bridgehead atoms. The molecule has 0 saturated heterocycles. The van der Waals surface area contributed by atoms with Gasteiger partial charge in [-0.2, -0.15) is 5.10 Å². The topological polar surface area (TPSA) is 46.9 Å². The molecule has 1 N–H and O–H groups in total. The van der Waals surface area contributed by atoms with Crippen LogP contribution in [0.25, 0.3) is 0 Å². The number of nitrogens with zero attached hydrogens (tertiary/aromatic N) is 2. The number of amides is 1. The van der Waals surface area contributed by atoms with Crippen molar-refractivity contribution < 1.29 is 4.79 Å². The summed E-state index contributed by atoms with van der Waals surface area (Å²) in [6.07, 6.45) is 2.17. The van der Waals surface area contributed by atoms with Crippen LogP contribution in [0.4, 0.5) is 0 Å². The normalized spacial score (nSPS) is 10.9. The standard InChI is InChI=1S/C13H23N3O/c1-9(2)7-6-8-14-13(17)12-10(3)15-16(5)11(12)4/h9H,6-8H2,1-5H3,(H,14,17). The summed E-state index contributed by atoms with van der Waals surface area (Å²) in [5, 5.41) is 7.20. The predicted octanol–water partition coefficient (Wildman–Crippen LogP) is 2.20. The maximum atomic E-state index is 12.0. The largest absolute Gasteiger partial charge is 0.352 e.